The molecule has 13 heavy (non-hydrogen) atoms. The van der Waals surface area contributed by atoms with E-state index in [4.69, 9.17) is 11.5 Å². The number of carbonyl (C=O) groups excluding carboxylic acids is 1. The standard InChI is InChI=1S/C7H9N5O/c8-5-4(3-10-7(9)11-5)6(13)12-1-2-12/h3H,1-2H2,(H4,8,9,10,11). The van der Waals surface area contributed by atoms with Gasteiger partial charge >= 0.3 is 0 Å². The number of rotatable bonds is 1. The Bertz CT molecular complexity index is 360. The Balaban J connectivity index is 2.33. The molecule has 0 saturated carbocycles. The lowest BCUT2D eigenvalue weighted by Crippen LogP contribution is -2.15. The van der Waals surface area contributed by atoms with Crippen LogP contribution < -0.4 is 11.5 Å². The van der Waals surface area contributed by atoms with Crippen molar-refractivity contribution < 1.29 is 4.79 Å². The van der Waals surface area contributed by atoms with Gasteiger partial charge in [0, 0.05) is 19.3 Å². The maximum atomic E-state index is 11.5. The lowest BCUT2D eigenvalue weighted by atomic mass is 10.3. The minimum atomic E-state index is -0.127. The van der Waals surface area contributed by atoms with E-state index in [0.717, 1.165) is 13.1 Å². The number of amides is 1. The van der Waals surface area contributed by atoms with Crippen LogP contribution in [0.4, 0.5) is 11.8 Å². The molecule has 0 aromatic carbocycles. The first-order chi connectivity index (χ1) is 6.18. The van der Waals surface area contributed by atoms with E-state index in [0.29, 0.717) is 5.56 Å². The van der Waals surface area contributed by atoms with Crippen LogP contribution in [0.5, 0.6) is 0 Å². The molecule has 0 unspecified atom stereocenters. The van der Waals surface area contributed by atoms with Crippen LogP contribution in [0.25, 0.3) is 0 Å². The third-order valence-corrected chi connectivity index (χ3v) is 1.80. The van der Waals surface area contributed by atoms with Crippen LogP contribution in [0.15, 0.2) is 6.20 Å². The molecule has 4 N–H and O–H groups in total. The third kappa shape index (κ3) is 1.37. The Kier molecular flexibility index (Phi) is 1.54. The normalized spacial score (nSPS) is 14.3. The van der Waals surface area contributed by atoms with Gasteiger partial charge in [0.15, 0.2) is 0 Å². The predicted molar refractivity (Wildman–Crippen MR) is 46.8 cm³/mol. The number of nitrogens with two attached hydrogens (primary N) is 2. The summed E-state index contributed by atoms with van der Waals surface area (Å²) in [6.07, 6.45) is 1.36. The highest BCUT2D eigenvalue weighted by Gasteiger charge is 2.27. The fraction of sp³-hybridized carbons (Fsp3) is 0.286. The first-order valence-electron chi connectivity index (χ1n) is 3.86. The Morgan fingerprint density at radius 3 is 2.69 bits per heavy atom. The van der Waals surface area contributed by atoms with Gasteiger partial charge in [0.05, 0.1) is 0 Å². The second kappa shape index (κ2) is 2.58. The van der Waals surface area contributed by atoms with E-state index in [1.54, 1.807) is 4.90 Å². The number of carbonyl (C=O) groups is 1. The zero-order valence-corrected chi connectivity index (χ0v) is 6.90. The maximum Gasteiger partial charge on any atom is 0.259 e. The molecule has 2 rings (SSSR count). The average Bonchev–Trinajstić information content (AvgIpc) is 2.85. The summed E-state index contributed by atoms with van der Waals surface area (Å²) in [5.41, 5.74) is 11.1. The molecule has 68 valence electrons. The van der Waals surface area contributed by atoms with Gasteiger partial charge in [-0.1, -0.05) is 0 Å². The summed E-state index contributed by atoms with van der Waals surface area (Å²) in [7, 11) is 0. The molecule has 0 atom stereocenters. The summed E-state index contributed by atoms with van der Waals surface area (Å²) in [5.74, 6) is 0.0988. The molecule has 6 heteroatoms. The zero-order valence-electron chi connectivity index (χ0n) is 6.90. The predicted octanol–water partition coefficient (Wildman–Crippen LogP) is -0.903. The van der Waals surface area contributed by atoms with Crippen LogP contribution in [0.3, 0.4) is 0 Å². The van der Waals surface area contributed by atoms with Crippen molar-refractivity contribution in [3.8, 4) is 0 Å². The van der Waals surface area contributed by atoms with E-state index in [9.17, 15) is 4.79 Å². The smallest absolute Gasteiger partial charge is 0.259 e. The fourth-order valence-electron chi connectivity index (χ4n) is 0.998. The number of nitrogens with zero attached hydrogens (tertiary/aromatic N) is 3. The lowest BCUT2D eigenvalue weighted by Gasteiger charge is -2.03. The topological polar surface area (TPSA) is 97.9 Å². The molecular formula is C7H9N5O. The molecule has 1 aromatic rings. The largest absolute Gasteiger partial charge is 0.383 e. The minimum Gasteiger partial charge on any atom is -0.383 e. The summed E-state index contributed by atoms with van der Waals surface area (Å²) in [6.45, 7) is 1.56. The number of nitrogen functional groups attached to an aromatic ring is 2. The molecular weight excluding hydrogens is 170 g/mol. The Labute approximate surface area is 74.6 Å². The van der Waals surface area contributed by atoms with Crippen LogP contribution >= 0.6 is 0 Å². The highest BCUT2D eigenvalue weighted by Crippen LogP contribution is 2.15. The van der Waals surface area contributed by atoms with Crippen molar-refractivity contribution in [3.05, 3.63) is 11.8 Å². The molecule has 6 nitrogen and oxygen atoms in total. The van der Waals surface area contributed by atoms with Crippen LogP contribution in [-0.4, -0.2) is 33.9 Å². The molecule has 0 aliphatic carbocycles. The van der Waals surface area contributed by atoms with Gasteiger partial charge in [-0.3, -0.25) is 4.79 Å². The molecule has 1 saturated heterocycles. The third-order valence-electron chi connectivity index (χ3n) is 1.80. The summed E-state index contributed by atoms with van der Waals surface area (Å²) < 4.78 is 0. The van der Waals surface area contributed by atoms with E-state index < -0.39 is 0 Å². The van der Waals surface area contributed by atoms with Crippen molar-refractivity contribution in [2.45, 2.75) is 0 Å². The average molecular weight is 179 g/mol. The number of anilines is 2. The summed E-state index contributed by atoms with van der Waals surface area (Å²) in [6, 6.07) is 0. The van der Waals surface area contributed by atoms with Gasteiger partial charge in [-0.15, -0.1) is 0 Å². The van der Waals surface area contributed by atoms with Crippen molar-refractivity contribution in [2.24, 2.45) is 0 Å². The van der Waals surface area contributed by atoms with E-state index in [-0.39, 0.29) is 17.7 Å². The first kappa shape index (κ1) is 7.78. The van der Waals surface area contributed by atoms with Crippen molar-refractivity contribution in [1.82, 2.24) is 14.9 Å². The Morgan fingerprint density at radius 1 is 1.46 bits per heavy atom. The molecule has 0 spiro atoms. The number of hydrogen-bond donors (Lipinski definition) is 2. The molecule has 1 fully saturated rings. The second-order valence-corrected chi connectivity index (χ2v) is 2.82. The van der Waals surface area contributed by atoms with Gasteiger partial charge in [0.2, 0.25) is 5.95 Å². The Morgan fingerprint density at radius 2 is 2.15 bits per heavy atom. The van der Waals surface area contributed by atoms with Crippen molar-refractivity contribution >= 4 is 17.7 Å². The highest BCUT2D eigenvalue weighted by atomic mass is 16.2. The van der Waals surface area contributed by atoms with Gasteiger partial charge in [-0.2, -0.15) is 4.98 Å². The second-order valence-electron chi connectivity index (χ2n) is 2.82. The molecule has 2 heterocycles. The fourth-order valence-corrected chi connectivity index (χ4v) is 0.998. The summed E-state index contributed by atoms with van der Waals surface area (Å²) in [4.78, 5) is 20.5. The van der Waals surface area contributed by atoms with E-state index >= 15 is 0 Å². The molecule has 0 radical (unpaired) electrons. The van der Waals surface area contributed by atoms with Gasteiger partial charge in [-0.25, -0.2) is 4.98 Å². The quantitative estimate of drug-likeness (QED) is 0.544. The van der Waals surface area contributed by atoms with Crippen molar-refractivity contribution in [2.75, 3.05) is 24.6 Å². The summed E-state index contributed by atoms with van der Waals surface area (Å²) >= 11 is 0. The maximum absolute atomic E-state index is 11.5. The lowest BCUT2D eigenvalue weighted by molar-refractivity contribution is 0.0886. The van der Waals surface area contributed by atoms with Gasteiger partial charge in [-0.05, 0) is 0 Å². The first-order valence-corrected chi connectivity index (χ1v) is 3.86. The van der Waals surface area contributed by atoms with E-state index in [1.165, 1.54) is 6.20 Å². The van der Waals surface area contributed by atoms with E-state index in [1.807, 2.05) is 0 Å². The molecule has 1 aliphatic rings. The number of aromatic nitrogens is 2. The van der Waals surface area contributed by atoms with Crippen LogP contribution in [0.2, 0.25) is 0 Å². The monoisotopic (exact) mass is 179 g/mol. The Hall–Kier alpha value is -1.85. The van der Waals surface area contributed by atoms with Crippen molar-refractivity contribution in [3.63, 3.8) is 0 Å². The summed E-state index contributed by atoms with van der Waals surface area (Å²) in [5, 5.41) is 0. The molecule has 0 bridgehead atoms. The van der Waals surface area contributed by atoms with Crippen LogP contribution in [0.1, 0.15) is 10.4 Å². The van der Waals surface area contributed by atoms with Gasteiger partial charge in [0.1, 0.15) is 11.4 Å². The van der Waals surface area contributed by atoms with Crippen LogP contribution in [0, 0.1) is 0 Å². The minimum absolute atomic E-state index is 0.0832. The molecule has 1 amide bonds. The number of hydrogen-bond acceptors (Lipinski definition) is 5. The molecule has 1 aliphatic heterocycles. The van der Waals surface area contributed by atoms with Gasteiger partial charge < -0.3 is 16.4 Å². The van der Waals surface area contributed by atoms with E-state index in [2.05, 4.69) is 9.97 Å². The SMILES string of the molecule is Nc1ncc(C(=O)N2CC2)c(N)n1. The zero-order chi connectivity index (χ0) is 9.42. The van der Waals surface area contributed by atoms with Crippen LogP contribution in [-0.2, 0) is 0 Å². The highest BCUT2D eigenvalue weighted by molar-refractivity contribution is 5.99. The van der Waals surface area contributed by atoms with Crippen molar-refractivity contribution in [1.29, 1.82) is 0 Å². The molecule has 1 aromatic heterocycles. The van der Waals surface area contributed by atoms with Gasteiger partial charge in [0.25, 0.3) is 5.91 Å².